The molecule has 1 N–H and O–H groups in total. The molecular weight excluding hydrogens is 268 g/mol. The Labute approximate surface area is 124 Å². The lowest BCUT2D eigenvalue weighted by atomic mass is 10.0. The Kier molecular flexibility index (Phi) is 4.84. The lowest BCUT2D eigenvalue weighted by Crippen LogP contribution is -2.05. The summed E-state index contributed by atoms with van der Waals surface area (Å²) in [6, 6.07) is 8.22. The summed E-state index contributed by atoms with van der Waals surface area (Å²) < 4.78 is 2.27. The number of H-pyrrole nitrogens is 1. The molecule has 2 aromatic rings. The number of rotatable bonds is 5. The highest BCUT2D eigenvalue weighted by Crippen LogP contribution is 2.20. The van der Waals surface area contributed by atoms with Gasteiger partial charge in [-0.15, -0.1) is 0 Å². The van der Waals surface area contributed by atoms with Crippen LogP contribution in [0.5, 0.6) is 0 Å². The molecule has 5 heteroatoms. The van der Waals surface area contributed by atoms with Gasteiger partial charge in [0.25, 0.3) is 0 Å². The van der Waals surface area contributed by atoms with Gasteiger partial charge < -0.3 is 0 Å². The zero-order chi connectivity index (χ0) is 14.5. The molecule has 4 nitrogen and oxygen atoms in total. The number of aryl methyl sites for hydroxylation is 1. The molecule has 0 fully saturated rings. The maximum absolute atomic E-state index is 5.26. The Balaban J connectivity index is 2.31. The summed E-state index contributed by atoms with van der Waals surface area (Å²) in [5.74, 6) is 1.28. The van der Waals surface area contributed by atoms with Crippen molar-refractivity contribution in [2.24, 2.45) is 5.10 Å². The molecule has 0 bridgehead atoms. The normalized spacial score (nSPS) is 11.6. The Hall–Kier alpha value is -1.75. The van der Waals surface area contributed by atoms with Crippen molar-refractivity contribution in [2.45, 2.75) is 39.5 Å². The zero-order valence-electron chi connectivity index (χ0n) is 12.1. The van der Waals surface area contributed by atoms with E-state index in [0.29, 0.717) is 10.7 Å². The Morgan fingerprint density at radius 3 is 2.55 bits per heavy atom. The van der Waals surface area contributed by atoms with Crippen LogP contribution in [0.2, 0.25) is 0 Å². The van der Waals surface area contributed by atoms with E-state index in [-0.39, 0.29) is 0 Å². The van der Waals surface area contributed by atoms with Crippen molar-refractivity contribution in [3.05, 3.63) is 46.0 Å². The number of hydrogen-bond acceptors (Lipinski definition) is 3. The van der Waals surface area contributed by atoms with Gasteiger partial charge in [-0.25, -0.2) is 0 Å². The summed E-state index contributed by atoms with van der Waals surface area (Å²) in [5.41, 5.74) is 2.29. The average Bonchev–Trinajstić information content (AvgIpc) is 2.81. The molecule has 1 aromatic heterocycles. The van der Waals surface area contributed by atoms with Crippen LogP contribution in [0.15, 0.2) is 29.4 Å². The van der Waals surface area contributed by atoms with Crippen molar-refractivity contribution in [1.29, 1.82) is 0 Å². The van der Waals surface area contributed by atoms with E-state index in [4.69, 9.17) is 12.2 Å². The van der Waals surface area contributed by atoms with Gasteiger partial charge in [-0.3, -0.25) is 5.10 Å². The summed E-state index contributed by atoms with van der Waals surface area (Å²) in [6.45, 7) is 6.37. The molecule has 0 atom stereocenters. The molecule has 0 saturated heterocycles. The third kappa shape index (κ3) is 3.22. The minimum absolute atomic E-state index is 0.373. The molecule has 0 aliphatic carbocycles. The highest BCUT2D eigenvalue weighted by Gasteiger charge is 2.14. The lowest BCUT2D eigenvalue weighted by molar-refractivity contribution is 0.571. The number of nitrogens with one attached hydrogen (secondary N) is 1. The first-order valence-electron chi connectivity index (χ1n) is 6.94. The Bertz CT molecular complexity index is 633. The maximum atomic E-state index is 5.26. The van der Waals surface area contributed by atoms with Crippen LogP contribution in [-0.4, -0.2) is 21.1 Å². The SMILES string of the molecule is CCC(CC)c1n[nH]c(=S)n1/N=C\c1ccc(C)cc1. The van der Waals surface area contributed by atoms with Gasteiger partial charge in [0.05, 0.1) is 6.21 Å². The van der Waals surface area contributed by atoms with E-state index < -0.39 is 0 Å². The quantitative estimate of drug-likeness (QED) is 0.667. The molecule has 0 unspecified atom stereocenters. The van der Waals surface area contributed by atoms with E-state index in [1.165, 1.54) is 5.56 Å². The number of aromatic amines is 1. The van der Waals surface area contributed by atoms with Gasteiger partial charge in [0.15, 0.2) is 5.82 Å². The van der Waals surface area contributed by atoms with Gasteiger partial charge in [-0.1, -0.05) is 43.7 Å². The minimum Gasteiger partial charge on any atom is -0.250 e. The number of nitrogens with zero attached hydrogens (tertiary/aromatic N) is 3. The van der Waals surface area contributed by atoms with Crippen LogP contribution in [0.4, 0.5) is 0 Å². The number of aromatic nitrogens is 3. The van der Waals surface area contributed by atoms with Crippen molar-refractivity contribution in [3.8, 4) is 0 Å². The van der Waals surface area contributed by atoms with Crippen molar-refractivity contribution in [2.75, 3.05) is 0 Å². The highest BCUT2D eigenvalue weighted by molar-refractivity contribution is 7.71. The van der Waals surface area contributed by atoms with Gasteiger partial charge in [-0.05, 0) is 37.5 Å². The van der Waals surface area contributed by atoms with Crippen LogP contribution in [-0.2, 0) is 0 Å². The van der Waals surface area contributed by atoms with Gasteiger partial charge in [0.2, 0.25) is 4.77 Å². The van der Waals surface area contributed by atoms with Gasteiger partial charge in [0.1, 0.15) is 0 Å². The van der Waals surface area contributed by atoms with Gasteiger partial charge in [0, 0.05) is 5.92 Å². The molecule has 0 spiro atoms. The van der Waals surface area contributed by atoms with Crippen molar-refractivity contribution >= 4 is 18.4 Å². The molecule has 0 aliphatic rings. The molecule has 0 aliphatic heterocycles. The van der Waals surface area contributed by atoms with Crippen LogP contribution in [0.25, 0.3) is 0 Å². The first kappa shape index (κ1) is 14.7. The largest absolute Gasteiger partial charge is 0.250 e. The third-order valence-corrected chi connectivity index (χ3v) is 3.69. The van der Waals surface area contributed by atoms with Crippen molar-refractivity contribution in [3.63, 3.8) is 0 Å². The number of hydrogen-bond donors (Lipinski definition) is 1. The molecule has 20 heavy (non-hydrogen) atoms. The second kappa shape index (κ2) is 6.61. The predicted octanol–water partition coefficient (Wildman–Crippen LogP) is 4.03. The van der Waals surface area contributed by atoms with Gasteiger partial charge >= 0.3 is 0 Å². The molecule has 0 saturated carbocycles. The first-order valence-corrected chi connectivity index (χ1v) is 7.34. The fourth-order valence-electron chi connectivity index (χ4n) is 2.11. The molecule has 1 aromatic carbocycles. The molecule has 106 valence electrons. The summed E-state index contributed by atoms with van der Waals surface area (Å²) in [7, 11) is 0. The van der Waals surface area contributed by atoms with Crippen LogP contribution in [0.1, 0.15) is 49.6 Å². The Morgan fingerprint density at radius 1 is 1.30 bits per heavy atom. The van der Waals surface area contributed by atoms with Crippen LogP contribution in [0.3, 0.4) is 0 Å². The van der Waals surface area contributed by atoms with E-state index in [0.717, 1.165) is 24.2 Å². The van der Waals surface area contributed by atoms with E-state index in [2.05, 4.69) is 48.2 Å². The van der Waals surface area contributed by atoms with Crippen molar-refractivity contribution in [1.82, 2.24) is 14.9 Å². The second-order valence-electron chi connectivity index (χ2n) is 4.87. The van der Waals surface area contributed by atoms with Crippen LogP contribution >= 0.6 is 12.2 Å². The van der Waals surface area contributed by atoms with Gasteiger partial charge in [-0.2, -0.15) is 14.9 Å². The van der Waals surface area contributed by atoms with E-state index in [9.17, 15) is 0 Å². The standard InChI is InChI=1S/C15H20N4S/c1-4-13(5-2)14-17-18-15(20)19(14)16-10-12-8-6-11(3)7-9-12/h6-10,13H,4-5H2,1-3H3,(H,18,20)/b16-10-. The van der Waals surface area contributed by atoms with E-state index in [1.807, 2.05) is 18.3 Å². The fourth-order valence-corrected chi connectivity index (χ4v) is 2.30. The fraction of sp³-hybridized carbons (Fsp3) is 0.400. The monoisotopic (exact) mass is 288 g/mol. The van der Waals surface area contributed by atoms with Crippen molar-refractivity contribution < 1.29 is 0 Å². The molecular formula is C15H20N4S. The first-order chi connectivity index (χ1) is 9.65. The number of benzene rings is 1. The summed E-state index contributed by atoms with van der Waals surface area (Å²) in [5, 5.41) is 11.6. The van der Waals surface area contributed by atoms with E-state index >= 15 is 0 Å². The molecule has 1 heterocycles. The highest BCUT2D eigenvalue weighted by atomic mass is 32.1. The minimum atomic E-state index is 0.373. The average molecular weight is 288 g/mol. The zero-order valence-corrected chi connectivity index (χ0v) is 12.9. The van der Waals surface area contributed by atoms with Crippen LogP contribution < -0.4 is 0 Å². The Morgan fingerprint density at radius 2 is 1.95 bits per heavy atom. The lowest BCUT2D eigenvalue weighted by Gasteiger charge is -2.10. The molecule has 2 rings (SSSR count). The van der Waals surface area contributed by atoms with Crippen LogP contribution in [0, 0.1) is 11.7 Å². The predicted molar refractivity (Wildman–Crippen MR) is 84.9 cm³/mol. The summed E-state index contributed by atoms with van der Waals surface area (Å²) in [4.78, 5) is 0. The maximum Gasteiger partial charge on any atom is 0.216 e. The summed E-state index contributed by atoms with van der Waals surface area (Å²) in [6.07, 6.45) is 3.86. The molecule has 0 radical (unpaired) electrons. The topological polar surface area (TPSA) is 46.0 Å². The van der Waals surface area contributed by atoms with E-state index in [1.54, 1.807) is 4.68 Å². The third-order valence-electron chi connectivity index (χ3n) is 3.43. The summed E-state index contributed by atoms with van der Waals surface area (Å²) >= 11 is 5.26. The smallest absolute Gasteiger partial charge is 0.216 e. The molecule has 0 amide bonds. The second-order valence-corrected chi connectivity index (χ2v) is 5.25.